The number of rotatable bonds is 5. The number of aliphatic hydroxyl groups is 1. The molecule has 4 heteroatoms. The van der Waals surface area contributed by atoms with Crippen molar-refractivity contribution in [1.29, 1.82) is 0 Å². The third-order valence-electron chi connectivity index (χ3n) is 1.60. The molecule has 0 aliphatic rings. The van der Waals surface area contributed by atoms with E-state index in [-0.39, 0.29) is 0 Å². The molecule has 0 fully saturated rings. The fourth-order valence-corrected chi connectivity index (χ4v) is 1.58. The maximum Gasteiger partial charge on any atom is 0.193 e. The van der Waals surface area contributed by atoms with Crippen molar-refractivity contribution >= 4 is 11.3 Å². The second kappa shape index (κ2) is 4.72. The van der Waals surface area contributed by atoms with Gasteiger partial charge in [0.05, 0.1) is 13.2 Å². The highest BCUT2D eigenvalue weighted by atomic mass is 32.1. The molecule has 1 aromatic rings. The lowest BCUT2D eigenvalue weighted by Gasteiger charge is -2.22. The molecule has 0 saturated heterocycles. The van der Waals surface area contributed by atoms with Crippen LogP contribution in [0.5, 0.6) is 0 Å². The van der Waals surface area contributed by atoms with E-state index in [9.17, 15) is 5.11 Å². The van der Waals surface area contributed by atoms with E-state index in [2.05, 4.69) is 6.92 Å². The first kappa shape index (κ1) is 10.7. The minimum Gasteiger partial charge on any atom is -0.382 e. The summed E-state index contributed by atoms with van der Waals surface area (Å²) >= 11 is 1.49. The summed E-state index contributed by atoms with van der Waals surface area (Å²) < 4.78 is 9.93. The summed E-state index contributed by atoms with van der Waals surface area (Å²) in [6.45, 7) is 4.34. The molecule has 0 aliphatic carbocycles. The zero-order valence-corrected chi connectivity index (χ0v) is 8.34. The van der Waals surface area contributed by atoms with Gasteiger partial charge in [0, 0.05) is 19.6 Å². The predicted octanol–water partition coefficient (Wildman–Crippen LogP) is 1.39. The molecule has 1 N–H and O–H groups in total. The Kier molecular flexibility index (Phi) is 3.87. The molecule has 73 valence electrons. The van der Waals surface area contributed by atoms with E-state index in [4.69, 9.17) is 9.47 Å². The Morgan fingerprint density at radius 3 is 2.92 bits per heavy atom. The second-order valence-electron chi connectivity index (χ2n) is 2.64. The van der Waals surface area contributed by atoms with Crippen molar-refractivity contribution in [2.45, 2.75) is 5.79 Å². The van der Waals surface area contributed by atoms with Crippen LogP contribution in [0.3, 0.4) is 0 Å². The molecule has 0 saturated carbocycles. The molecule has 1 heterocycles. The van der Waals surface area contributed by atoms with Crippen LogP contribution in [0.2, 0.25) is 0 Å². The Labute approximate surface area is 81.9 Å². The van der Waals surface area contributed by atoms with Crippen molar-refractivity contribution in [2.24, 2.45) is 0 Å². The lowest BCUT2D eigenvalue weighted by Crippen LogP contribution is -2.26. The van der Waals surface area contributed by atoms with Gasteiger partial charge in [-0.1, -0.05) is 0 Å². The van der Waals surface area contributed by atoms with Gasteiger partial charge in [0.2, 0.25) is 0 Å². The van der Waals surface area contributed by atoms with Crippen molar-refractivity contribution in [3.05, 3.63) is 29.3 Å². The summed E-state index contributed by atoms with van der Waals surface area (Å²) in [6, 6.07) is 1.78. The Morgan fingerprint density at radius 2 is 2.38 bits per heavy atom. The van der Waals surface area contributed by atoms with Crippen LogP contribution in [-0.4, -0.2) is 25.4 Å². The summed E-state index contributed by atoms with van der Waals surface area (Å²) in [4.78, 5) is 0. The molecule has 0 spiro atoms. The highest BCUT2D eigenvalue weighted by molar-refractivity contribution is 7.08. The molecule has 1 unspecified atom stereocenters. The fourth-order valence-electron chi connectivity index (χ4n) is 0.864. The summed E-state index contributed by atoms with van der Waals surface area (Å²) in [5, 5.41) is 13.4. The zero-order valence-electron chi connectivity index (χ0n) is 7.53. The van der Waals surface area contributed by atoms with E-state index in [0.717, 1.165) is 0 Å². The third kappa shape index (κ3) is 3.08. The van der Waals surface area contributed by atoms with Gasteiger partial charge in [-0.2, -0.15) is 11.3 Å². The Balaban J connectivity index is 2.46. The number of hydrogen-bond acceptors (Lipinski definition) is 4. The first-order valence-electron chi connectivity index (χ1n) is 3.90. The second-order valence-corrected chi connectivity index (χ2v) is 3.42. The van der Waals surface area contributed by atoms with Gasteiger partial charge in [-0.15, -0.1) is 0 Å². The predicted molar refractivity (Wildman–Crippen MR) is 51.4 cm³/mol. The first-order valence-corrected chi connectivity index (χ1v) is 4.84. The summed E-state index contributed by atoms with van der Waals surface area (Å²) in [5.41, 5.74) is 0.675. The molecule has 0 bridgehead atoms. The maximum absolute atomic E-state index is 9.72. The molecule has 1 atom stereocenters. The molecule has 3 nitrogen and oxygen atoms in total. The minimum atomic E-state index is -1.45. The Morgan fingerprint density at radius 1 is 1.62 bits per heavy atom. The van der Waals surface area contributed by atoms with Crippen molar-refractivity contribution in [3.8, 4) is 0 Å². The zero-order chi connectivity index (χ0) is 9.73. The quantitative estimate of drug-likeness (QED) is 0.578. The number of thiophene rings is 1. The van der Waals surface area contributed by atoms with Crippen molar-refractivity contribution in [2.75, 3.05) is 20.3 Å². The van der Waals surface area contributed by atoms with Crippen LogP contribution >= 0.6 is 11.3 Å². The highest BCUT2D eigenvalue weighted by Gasteiger charge is 2.23. The van der Waals surface area contributed by atoms with Crippen molar-refractivity contribution in [1.82, 2.24) is 0 Å². The van der Waals surface area contributed by atoms with Crippen molar-refractivity contribution in [3.63, 3.8) is 0 Å². The summed E-state index contributed by atoms with van der Waals surface area (Å²) in [5.74, 6) is -1.45. The molecule has 0 aromatic carbocycles. The Bertz CT molecular complexity index is 231. The van der Waals surface area contributed by atoms with Crippen LogP contribution in [0.1, 0.15) is 5.56 Å². The highest BCUT2D eigenvalue weighted by Crippen LogP contribution is 2.23. The van der Waals surface area contributed by atoms with Gasteiger partial charge in [-0.05, 0) is 16.8 Å². The standard InChI is InChI=1S/C9H13O3S/c1-9(10,12-5-4-11-2)8-3-6-13-7-8/h3,6-7,10H,1,4-5H2,2H3. The Hall–Kier alpha value is -0.420. The van der Waals surface area contributed by atoms with Gasteiger partial charge in [-0.25, -0.2) is 0 Å². The fraction of sp³-hybridized carbons (Fsp3) is 0.444. The lowest BCUT2D eigenvalue weighted by atomic mass is 10.2. The van der Waals surface area contributed by atoms with Crippen LogP contribution in [0, 0.1) is 6.92 Å². The molecular formula is C9H13O3S. The smallest absolute Gasteiger partial charge is 0.193 e. The van der Waals surface area contributed by atoms with Gasteiger partial charge in [0.25, 0.3) is 0 Å². The van der Waals surface area contributed by atoms with E-state index in [1.807, 2.05) is 5.38 Å². The summed E-state index contributed by atoms with van der Waals surface area (Å²) in [6.07, 6.45) is 0. The van der Waals surface area contributed by atoms with Crippen LogP contribution in [0.15, 0.2) is 16.8 Å². The van der Waals surface area contributed by atoms with Crippen LogP contribution < -0.4 is 0 Å². The molecule has 0 aliphatic heterocycles. The van der Waals surface area contributed by atoms with Crippen molar-refractivity contribution < 1.29 is 14.6 Å². The van der Waals surface area contributed by atoms with E-state index < -0.39 is 5.79 Å². The van der Waals surface area contributed by atoms with E-state index in [1.54, 1.807) is 18.6 Å². The molecule has 1 rings (SSSR count). The molecular weight excluding hydrogens is 188 g/mol. The van der Waals surface area contributed by atoms with E-state index in [0.29, 0.717) is 18.8 Å². The van der Waals surface area contributed by atoms with Crippen LogP contribution in [0.4, 0.5) is 0 Å². The van der Waals surface area contributed by atoms with Crippen LogP contribution in [-0.2, 0) is 15.3 Å². The number of ether oxygens (including phenoxy) is 2. The van der Waals surface area contributed by atoms with E-state index >= 15 is 0 Å². The van der Waals surface area contributed by atoms with Crippen LogP contribution in [0.25, 0.3) is 0 Å². The topological polar surface area (TPSA) is 38.7 Å². The number of methoxy groups -OCH3 is 1. The SMILES string of the molecule is [CH2]C(O)(OCCOC)c1ccsc1. The van der Waals surface area contributed by atoms with Gasteiger partial charge >= 0.3 is 0 Å². The summed E-state index contributed by atoms with van der Waals surface area (Å²) in [7, 11) is 1.58. The van der Waals surface area contributed by atoms with Gasteiger partial charge in [0.1, 0.15) is 0 Å². The average Bonchev–Trinajstić information content (AvgIpc) is 2.56. The van der Waals surface area contributed by atoms with Gasteiger partial charge in [0.15, 0.2) is 5.79 Å². The normalized spacial score (nSPS) is 15.6. The molecule has 13 heavy (non-hydrogen) atoms. The third-order valence-corrected chi connectivity index (χ3v) is 2.28. The maximum atomic E-state index is 9.72. The molecule has 1 radical (unpaired) electrons. The van der Waals surface area contributed by atoms with Gasteiger partial charge < -0.3 is 14.6 Å². The van der Waals surface area contributed by atoms with E-state index in [1.165, 1.54) is 11.3 Å². The van der Waals surface area contributed by atoms with Gasteiger partial charge in [-0.3, -0.25) is 0 Å². The average molecular weight is 201 g/mol. The minimum absolute atomic E-state index is 0.326. The number of hydrogen-bond donors (Lipinski definition) is 1. The molecule has 0 amide bonds. The first-order chi connectivity index (χ1) is 6.17. The lowest BCUT2D eigenvalue weighted by molar-refractivity contribution is -0.183. The largest absolute Gasteiger partial charge is 0.382 e. The molecule has 1 aromatic heterocycles. The monoisotopic (exact) mass is 201 g/mol.